The third-order valence-corrected chi connectivity index (χ3v) is 5.40. The zero-order valence-electron chi connectivity index (χ0n) is 16.9. The van der Waals surface area contributed by atoms with Crippen LogP contribution < -0.4 is 15.0 Å². The largest absolute Gasteiger partial charge is 0.484 e. The molecule has 0 bridgehead atoms. The van der Waals surface area contributed by atoms with E-state index >= 15 is 0 Å². The Morgan fingerprint density at radius 1 is 1.27 bits per heavy atom. The molecule has 2 aromatic rings. The van der Waals surface area contributed by atoms with Gasteiger partial charge in [0.1, 0.15) is 11.6 Å². The second-order valence-corrected chi connectivity index (χ2v) is 7.50. The second-order valence-electron chi connectivity index (χ2n) is 6.77. The molecule has 1 N–H and O–H groups in total. The van der Waals surface area contributed by atoms with Crippen LogP contribution in [-0.2, 0) is 13.0 Å². The van der Waals surface area contributed by atoms with Crippen LogP contribution in [0.25, 0.3) is 0 Å². The van der Waals surface area contributed by atoms with Crippen LogP contribution in [-0.4, -0.2) is 66.2 Å². The van der Waals surface area contributed by atoms with E-state index in [0.717, 1.165) is 55.1 Å². The zero-order chi connectivity index (χ0) is 21.6. The van der Waals surface area contributed by atoms with Crippen molar-refractivity contribution in [3.8, 4) is 5.75 Å². The molecule has 0 atom stereocenters. The zero-order valence-corrected chi connectivity index (χ0v) is 17.8. The number of piperazine rings is 1. The summed E-state index contributed by atoms with van der Waals surface area (Å²) in [5.74, 6) is 1.82. The van der Waals surface area contributed by atoms with Crippen LogP contribution in [0.3, 0.4) is 0 Å². The van der Waals surface area contributed by atoms with E-state index in [0.29, 0.717) is 6.54 Å². The normalized spacial score (nSPS) is 15.4. The van der Waals surface area contributed by atoms with Gasteiger partial charge in [-0.05, 0) is 17.7 Å². The molecule has 1 aliphatic rings. The van der Waals surface area contributed by atoms with Gasteiger partial charge in [-0.15, -0.1) is 0 Å². The molecule has 1 aromatic carbocycles. The number of alkyl halides is 3. The van der Waals surface area contributed by atoms with Crippen LogP contribution >= 0.6 is 11.5 Å². The van der Waals surface area contributed by atoms with Crippen molar-refractivity contribution in [2.24, 2.45) is 4.99 Å². The summed E-state index contributed by atoms with van der Waals surface area (Å²) in [7, 11) is 1.72. The van der Waals surface area contributed by atoms with Crippen molar-refractivity contribution in [2.75, 3.05) is 44.7 Å². The van der Waals surface area contributed by atoms with Crippen LogP contribution in [0.5, 0.6) is 5.75 Å². The number of hydrogen-bond donors (Lipinski definition) is 1. The number of nitrogens with one attached hydrogen (secondary N) is 1. The van der Waals surface area contributed by atoms with E-state index in [4.69, 9.17) is 4.74 Å². The fourth-order valence-electron chi connectivity index (χ4n) is 3.05. The van der Waals surface area contributed by atoms with Gasteiger partial charge in [0.2, 0.25) is 5.13 Å². The summed E-state index contributed by atoms with van der Waals surface area (Å²) in [6.45, 7) is 4.39. The van der Waals surface area contributed by atoms with Gasteiger partial charge >= 0.3 is 6.18 Å². The van der Waals surface area contributed by atoms with E-state index in [2.05, 4.69) is 29.5 Å². The highest BCUT2D eigenvalue weighted by molar-refractivity contribution is 7.09. The molecule has 1 fully saturated rings. The van der Waals surface area contributed by atoms with Crippen LogP contribution in [0, 0.1) is 0 Å². The number of hydrogen-bond acceptors (Lipinski definition) is 6. The third kappa shape index (κ3) is 6.22. The summed E-state index contributed by atoms with van der Waals surface area (Å²) in [4.78, 5) is 13.3. The molecule has 2 heterocycles. The smallest absolute Gasteiger partial charge is 0.422 e. The Morgan fingerprint density at radius 2 is 2.03 bits per heavy atom. The third-order valence-electron chi connectivity index (χ3n) is 4.59. The quantitative estimate of drug-likeness (QED) is 0.548. The van der Waals surface area contributed by atoms with Gasteiger partial charge in [0, 0.05) is 57.7 Å². The van der Waals surface area contributed by atoms with Gasteiger partial charge < -0.3 is 19.9 Å². The molecule has 1 aliphatic heterocycles. The first-order valence-electron chi connectivity index (χ1n) is 9.69. The summed E-state index contributed by atoms with van der Waals surface area (Å²) in [6.07, 6.45) is -3.53. The standard InChI is InChI=1S/C19H25F3N6OS/c1-3-16-25-18(30-26-16)28-9-7-27(8-10-28)17(23-2)24-12-14-5-4-6-15(11-14)29-13-19(20,21)22/h4-6,11H,3,7-10,12-13H2,1-2H3,(H,23,24). The number of aryl methyl sites for hydroxylation is 1. The minimum atomic E-state index is -4.36. The van der Waals surface area contributed by atoms with Gasteiger partial charge in [-0.25, -0.2) is 4.98 Å². The molecule has 0 saturated carbocycles. The summed E-state index contributed by atoms with van der Waals surface area (Å²) in [6, 6.07) is 6.63. The number of halogens is 3. The van der Waals surface area contributed by atoms with E-state index in [1.807, 2.05) is 13.0 Å². The molecular weight excluding hydrogens is 417 g/mol. The Hall–Kier alpha value is -2.56. The topological polar surface area (TPSA) is 65.9 Å². The second kappa shape index (κ2) is 9.96. The molecule has 0 aliphatic carbocycles. The maximum Gasteiger partial charge on any atom is 0.422 e. The number of guanidine groups is 1. The molecular formula is C19H25F3N6OS. The average Bonchev–Trinajstić information content (AvgIpc) is 3.22. The van der Waals surface area contributed by atoms with Crippen molar-refractivity contribution < 1.29 is 17.9 Å². The SMILES string of the molecule is CCc1nsc(N2CCN(C(=NC)NCc3cccc(OCC(F)(F)F)c3)CC2)n1. The molecule has 3 rings (SSSR count). The van der Waals surface area contributed by atoms with Crippen molar-refractivity contribution >= 4 is 22.6 Å². The van der Waals surface area contributed by atoms with E-state index < -0.39 is 12.8 Å². The first-order chi connectivity index (χ1) is 14.4. The lowest BCUT2D eigenvalue weighted by Gasteiger charge is -2.36. The van der Waals surface area contributed by atoms with Gasteiger partial charge in [-0.2, -0.15) is 17.5 Å². The number of rotatable bonds is 6. The van der Waals surface area contributed by atoms with Crippen molar-refractivity contribution in [3.05, 3.63) is 35.7 Å². The predicted octanol–water partition coefficient (Wildman–Crippen LogP) is 2.94. The van der Waals surface area contributed by atoms with Crippen LogP contribution in [0.4, 0.5) is 18.3 Å². The molecule has 0 spiro atoms. The summed E-state index contributed by atoms with van der Waals surface area (Å²) in [5, 5.41) is 4.23. The molecule has 11 heteroatoms. The van der Waals surface area contributed by atoms with Crippen molar-refractivity contribution in [3.63, 3.8) is 0 Å². The number of aliphatic imine (C=N–C) groups is 1. The Balaban J connectivity index is 1.50. The van der Waals surface area contributed by atoms with Gasteiger partial charge in [-0.3, -0.25) is 4.99 Å². The van der Waals surface area contributed by atoms with Gasteiger partial charge in [0.15, 0.2) is 12.6 Å². The number of nitrogens with zero attached hydrogens (tertiary/aromatic N) is 5. The fraction of sp³-hybridized carbons (Fsp3) is 0.526. The lowest BCUT2D eigenvalue weighted by Crippen LogP contribution is -2.52. The first kappa shape index (κ1) is 22.1. The molecule has 164 valence electrons. The lowest BCUT2D eigenvalue weighted by atomic mass is 10.2. The molecule has 0 radical (unpaired) electrons. The molecule has 0 unspecified atom stereocenters. The summed E-state index contributed by atoms with van der Waals surface area (Å²) >= 11 is 1.43. The molecule has 30 heavy (non-hydrogen) atoms. The minimum absolute atomic E-state index is 0.193. The fourth-order valence-corrected chi connectivity index (χ4v) is 3.85. The maximum atomic E-state index is 12.3. The Bertz CT molecular complexity index is 849. The van der Waals surface area contributed by atoms with Crippen molar-refractivity contribution in [2.45, 2.75) is 26.1 Å². The Kier molecular flexibility index (Phi) is 7.35. The van der Waals surface area contributed by atoms with Gasteiger partial charge in [-0.1, -0.05) is 19.1 Å². The molecule has 1 saturated heterocycles. The van der Waals surface area contributed by atoms with Crippen LogP contribution in [0.1, 0.15) is 18.3 Å². The van der Waals surface area contributed by atoms with Gasteiger partial charge in [0.25, 0.3) is 0 Å². The number of benzene rings is 1. The first-order valence-corrected chi connectivity index (χ1v) is 10.5. The van der Waals surface area contributed by atoms with Crippen molar-refractivity contribution in [1.29, 1.82) is 0 Å². The molecule has 7 nitrogen and oxygen atoms in total. The highest BCUT2D eigenvalue weighted by Gasteiger charge is 2.28. The molecule has 1 aromatic heterocycles. The highest BCUT2D eigenvalue weighted by atomic mass is 32.1. The predicted molar refractivity (Wildman–Crippen MR) is 111 cm³/mol. The van der Waals surface area contributed by atoms with Gasteiger partial charge in [0.05, 0.1) is 0 Å². The highest BCUT2D eigenvalue weighted by Crippen LogP contribution is 2.20. The summed E-state index contributed by atoms with van der Waals surface area (Å²) < 4.78 is 46.2. The van der Waals surface area contributed by atoms with Crippen molar-refractivity contribution in [1.82, 2.24) is 19.6 Å². The number of anilines is 1. The van der Waals surface area contributed by atoms with E-state index in [9.17, 15) is 13.2 Å². The number of ether oxygens (including phenoxy) is 1. The Labute approximate surface area is 177 Å². The Morgan fingerprint density at radius 3 is 2.67 bits per heavy atom. The lowest BCUT2D eigenvalue weighted by molar-refractivity contribution is -0.153. The maximum absolute atomic E-state index is 12.3. The monoisotopic (exact) mass is 442 g/mol. The number of aromatic nitrogens is 2. The van der Waals surface area contributed by atoms with E-state index in [1.165, 1.54) is 17.6 Å². The van der Waals surface area contributed by atoms with E-state index in [1.54, 1.807) is 19.2 Å². The van der Waals surface area contributed by atoms with Crippen LogP contribution in [0.15, 0.2) is 29.3 Å². The molecule has 0 amide bonds. The minimum Gasteiger partial charge on any atom is -0.484 e. The summed E-state index contributed by atoms with van der Waals surface area (Å²) in [5.41, 5.74) is 0.815. The average molecular weight is 443 g/mol. The van der Waals surface area contributed by atoms with E-state index in [-0.39, 0.29) is 5.75 Å². The van der Waals surface area contributed by atoms with Crippen LogP contribution in [0.2, 0.25) is 0 Å².